The second kappa shape index (κ2) is 5.19. The summed E-state index contributed by atoms with van der Waals surface area (Å²) in [6.07, 6.45) is 1.60. The Morgan fingerprint density at radius 1 is 1.47 bits per heavy atom. The number of rotatable bonds is 3. The van der Waals surface area contributed by atoms with Crippen LogP contribution >= 0.6 is 23.2 Å². The van der Waals surface area contributed by atoms with Crippen LogP contribution in [-0.2, 0) is 11.2 Å². The van der Waals surface area contributed by atoms with E-state index in [1.165, 1.54) is 6.08 Å². The summed E-state index contributed by atoms with van der Waals surface area (Å²) in [7, 11) is 0. The van der Waals surface area contributed by atoms with Crippen molar-refractivity contribution >= 4 is 29.0 Å². The van der Waals surface area contributed by atoms with Crippen molar-refractivity contribution in [3.63, 3.8) is 0 Å². The van der Waals surface area contributed by atoms with Crippen molar-refractivity contribution in [1.82, 2.24) is 0 Å². The van der Waals surface area contributed by atoms with Crippen molar-refractivity contribution in [3.05, 3.63) is 45.6 Å². The third-order valence-electron chi connectivity index (χ3n) is 1.78. The lowest BCUT2D eigenvalue weighted by atomic mass is 10.1. The Kier molecular flexibility index (Phi) is 4.18. The zero-order valence-electron chi connectivity index (χ0n) is 8.26. The normalized spacial score (nSPS) is 11.5. The van der Waals surface area contributed by atoms with Gasteiger partial charge in [0.05, 0.1) is 10.0 Å². The van der Waals surface area contributed by atoms with Crippen LogP contribution in [0.4, 0.5) is 0 Å². The summed E-state index contributed by atoms with van der Waals surface area (Å²) in [5.41, 5.74) is 6.60. The molecule has 2 N–H and O–H groups in total. The molecule has 80 valence electrons. The predicted octanol–water partition coefficient (Wildman–Crippen LogP) is 2.97. The van der Waals surface area contributed by atoms with Gasteiger partial charge in [0, 0.05) is 12.1 Å². The van der Waals surface area contributed by atoms with Crippen molar-refractivity contribution in [2.45, 2.75) is 13.3 Å². The van der Waals surface area contributed by atoms with E-state index in [4.69, 9.17) is 28.9 Å². The largest absolute Gasteiger partial charge is 0.402 e. The molecule has 0 unspecified atom stereocenters. The van der Waals surface area contributed by atoms with E-state index in [2.05, 4.69) is 0 Å². The molecule has 0 aliphatic rings. The maximum Gasteiger partial charge on any atom is 0.161 e. The molecule has 1 rings (SSSR count). The van der Waals surface area contributed by atoms with Gasteiger partial charge in [-0.3, -0.25) is 4.79 Å². The Hall–Kier alpha value is -0.990. The molecule has 2 nitrogen and oxygen atoms in total. The Bertz CT molecular complexity index is 409. The lowest BCUT2D eigenvalue weighted by Crippen LogP contribution is -2.03. The van der Waals surface area contributed by atoms with Crippen LogP contribution in [-0.4, -0.2) is 5.78 Å². The smallest absolute Gasteiger partial charge is 0.161 e. The number of nitrogens with two attached hydrogens (primary N) is 1. The molecule has 0 amide bonds. The van der Waals surface area contributed by atoms with Crippen LogP contribution in [0.3, 0.4) is 0 Å². The lowest BCUT2D eigenvalue weighted by Gasteiger charge is -2.03. The second-order valence-electron chi connectivity index (χ2n) is 3.24. The van der Waals surface area contributed by atoms with Gasteiger partial charge in [0.1, 0.15) is 0 Å². The SMILES string of the molecule is C/C(N)=C/C(=O)Cc1cccc(Cl)c1Cl. The van der Waals surface area contributed by atoms with Gasteiger partial charge >= 0.3 is 0 Å². The molecule has 0 aliphatic heterocycles. The molecule has 0 aliphatic carbocycles. The van der Waals surface area contributed by atoms with Crippen LogP contribution in [0.2, 0.25) is 10.0 Å². The van der Waals surface area contributed by atoms with Gasteiger partial charge in [-0.05, 0) is 24.6 Å². The highest BCUT2D eigenvalue weighted by Crippen LogP contribution is 2.25. The van der Waals surface area contributed by atoms with E-state index < -0.39 is 0 Å². The summed E-state index contributed by atoms with van der Waals surface area (Å²) in [5.74, 6) is -0.0841. The van der Waals surface area contributed by atoms with Gasteiger partial charge in [0.2, 0.25) is 0 Å². The van der Waals surface area contributed by atoms with Gasteiger partial charge in [-0.1, -0.05) is 35.3 Å². The van der Waals surface area contributed by atoms with Crippen LogP contribution in [0.5, 0.6) is 0 Å². The lowest BCUT2D eigenvalue weighted by molar-refractivity contribution is -0.114. The number of allylic oxidation sites excluding steroid dienone is 2. The third kappa shape index (κ3) is 3.57. The van der Waals surface area contributed by atoms with Gasteiger partial charge in [-0.2, -0.15) is 0 Å². The quantitative estimate of drug-likeness (QED) is 0.830. The summed E-state index contributed by atoms with van der Waals surface area (Å²) in [5, 5.41) is 0.881. The molecule has 0 fully saturated rings. The van der Waals surface area contributed by atoms with E-state index in [9.17, 15) is 4.79 Å². The minimum atomic E-state index is -0.0841. The van der Waals surface area contributed by atoms with Crippen LogP contribution in [0.1, 0.15) is 12.5 Å². The summed E-state index contributed by atoms with van der Waals surface area (Å²) >= 11 is 11.8. The third-order valence-corrected chi connectivity index (χ3v) is 2.64. The van der Waals surface area contributed by atoms with E-state index in [1.807, 2.05) is 0 Å². The fourth-order valence-electron chi connectivity index (χ4n) is 1.18. The van der Waals surface area contributed by atoms with Crippen LogP contribution in [0, 0.1) is 0 Å². The minimum absolute atomic E-state index is 0.0841. The van der Waals surface area contributed by atoms with E-state index in [0.29, 0.717) is 21.3 Å². The molecule has 0 bridgehead atoms. The number of carbonyl (C=O) groups excluding carboxylic acids is 1. The molecule has 1 aromatic carbocycles. The summed E-state index contributed by atoms with van der Waals surface area (Å²) in [6.45, 7) is 1.66. The van der Waals surface area contributed by atoms with Crippen molar-refractivity contribution in [1.29, 1.82) is 0 Å². The monoisotopic (exact) mass is 243 g/mol. The fraction of sp³-hybridized carbons (Fsp3) is 0.182. The fourth-order valence-corrected chi connectivity index (χ4v) is 1.56. The first-order valence-electron chi connectivity index (χ1n) is 4.40. The number of benzene rings is 1. The molecule has 0 spiro atoms. The molecule has 0 saturated carbocycles. The molecule has 0 aromatic heterocycles. The molecule has 4 heteroatoms. The average molecular weight is 244 g/mol. The van der Waals surface area contributed by atoms with Gasteiger partial charge in [-0.15, -0.1) is 0 Å². The Morgan fingerprint density at radius 2 is 2.13 bits per heavy atom. The first-order chi connectivity index (χ1) is 7.00. The van der Waals surface area contributed by atoms with Gasteiger partial charge < -0.3 is 5.73 Å². The molecule has 0 saturated heterocycles. The topological polar surface area (TPSA) is 43.1 Å². The van der Waals surface area contributed by atoms with Crippen molar-refractivity contribution in [3.8, 4) is 0 Å². The zero-order chi connectivity index (χ0) is 11.4. The maximum atomic E-state index is 11.4. The number of hydrogen-bond donors (Lipinski definition) is 1. The highest BCUT2D eigenvalue weighted by molar-refractivity contribution is 6.42. The van der Waals surface area contributed by atoms with E-state index in [0.717, 1.165) is 0 Å². The standard InChI is InChI=1S/C11H11Cl2NO/c1-7(14)5-9(15)6-8-3-2-4-10(12)11(8)13/h2-5H,6,14H2,1H3/b7-5-. The average Bonchev–Trinajstić information content (AvgIpc) is 2.11. The molecule has 15 heavy (non-hydrogen) atoms. The first-order valence-corrected chi connectivity index (χ1v) is 5.16. The first kappa shape index (κ1) is 12.1. The highest BCUT2D eigenvalue weighted by atomic mass is 35.5. The molecular formula is C11H11Cl2NO. The summed E-state index contributed by atoms with van der Waals surface area (Å²) < 4.78 is 0. The van der Waals surface area contributed by atoms with Crippen molar-refractivity contribution in [2.75, 3.05) is 0 Å². The van der Waals surface area contributed by atoms with Crippen LogP contribution in [0.25, 0.3) is 0 Å². The van der Waals surface area contributed by atoms with Gasteiger partial charge in [0.25, 0.3) is 0 Å². The Morgan fingerprint density at radius 3 is 2.73 bits per heavy atom. The summed E-state index contributed by atoms with van der Waals surface area (Å²) in [6, 6.07) is 5.21. The predicted molar refractivity (Wildman–Crippen MR) is 63.1 cm³/mol. The molecule has 0 radical (unpaired) electrons. The van der Waals surface area contributed by atoms with E-state index in [1.54, 1.807) is 25.1 Å². The van der Waals surface area contributed by atoms with Crippen molar-refractivity contribution in [2.24, 2.45) is 5.73 Å². The van der Waals surface area contributed by atoms with Crippen molar-refractivity contribution < 1.29 is 4.79 Å². The summed E-state index contributed by atoms with van der Waals surface area (Å²) in [4.78, 5) is 11.4. The number of hydrogen-bond acceptors (Lipinski definition) is 2. The van der Waals surface area contributed by atoms with Crippen LogP contribution in [0.15, 0.2) is 30.0 Å². The molecular weight excluding hydrogens is 233 g/mol. The van der Waals surface area contributed by atoms with Gasteiger partial charge in [0.15, 0.2) is 5.78 Å². The number of halogens is 2. The highest BCUT2D eigenvalue weighted by Gasteiger charge is 2.07. The zero-order valence-corrected chi connectivity index (χ0v) is 9.77. The molecule has 0 atom stereocenters. The van der Waals surface area contributed by atoms with E-state index in [-0.39, 0.29) is 12.2 Å². The Balaban J connectivity index is 2.86. The molecule has 1 aromatic rings. The number of carbonyl (C=O) groups is 1. The van der Waals surface area contributed by atoms with Gasteiger partial charge in [-0.25, -0.2) is 0 Å². The molecule has 0 heterocycles. The van der Waals surface area contributed by atoms with Crippen LogP contribution < -0.4 is 5.73 Å². The Labute approximate surface area is 98.7 Å². The second-order valence-corrected chi connectivity index (χ2v) is 4.03. The maximum absolute atomic E-state index is 11.4. The minimum Gasteiger partial charge on any atom is -0.402 e. The number of ketones is 1. The van der Waals surface area contributed by atoms with E-state index >= 15 is 0 Å².